The minimum absolute atomic E-state index is 0.788. The SMILES string of the molecule is CN1CC[C@@H](N(C)[C@H]2CCNC2)C1. The molecular formula is C10H21N3. The van der Waals surface area contributed by atoms with E-state index in [1.165, 1.54) is 39.0 Å². The van der Waals surface area contributed by atoms with Crippen LogP contribution < -0.4 is 5.32 Å². The van der Waals surface area contributed by atoms with E-state index in [0.29, 0.717) is 0 Å². The van der Waals surface area contributed by atoms with Crippen molar-refractivity contribution >= 4 is 0 Å². The molecule has 0 aromatic carbocycles. The minimum atomic E-state index is 0.788. The third-order valence-corrected chi connectivity index (χ3v) is 3.55. The maximum atomic E-state index is 3.43. The molecule has 0 aromatic rings. The second kappa shape index (κ2) is 3.95. The summed E-state index contributed by atoms with van der Waals surface area (Å²) in [5.74, 6) is 0. The summed E-state index contributed by atoms with van der Waals surface area (Å²) < 4.78 is 0. The van der Waals surface area contributed by atoms with Gasteiger partial charge in [0.15, 0.2) is 0 Å². The highest BCUT2D eigenvalue weighted by Gasteiger charge is 2.29. The van der Waals surface area contributed by atoms with Crippen molar-refractivity contribution in [2.24, 2.45) is 0 Å². The molecule has 2 aliphatic rings. The number of likely N-dealkylation sites (tertiary alicyclic amines) is 1. The Balaban J connectivity index is 1.85. The van der Waals surface area contributed by atoms with Gasteiger partial charge in [0.2, 0.25) is 0 Å². The normalized spacial score (nSPS) is 36.2. The van der Waals surface area contributed by atoms with Crippen molar-refractivity contribution < 1.29 is 0 Å². The molecule has 0 unspecified atom stereocenters. The number of nitrogens with one attached hydrogen (secondary N) is 1. The van der Waals surface area contributed by atoms with Gasteiger partial charge >= 0.3 is 0 Å². The van der Waals surface area contributed by atoms with E-state index in [9.17, 15) is 0 Å². The largest absolute Gasteiger partial charge is 0.315 e. The number of hydrogen-bond acceptors (Lipinski definition) is 3. The number of hydrogen-bond donors (Lipinski definition) is 1. The zero-order chi connectivity index (χ0) is 9.26. The maximum absolute atomic E-state index is 3.43. The lowest BCUT2D eigenvalue weighted by atomic mass is 10.1. The monoisotopic (exact) mass is 183 g/mol. The van der Waals surface area contributed by atoms with Crippen molar-refractivity contribution in [3.63, 3.8) is 0 Å². The zero-order valence-electron chi connectivity index (χ0n) is 8.79. The number of rotatable bonds is 2. The van der Waals surface area contributed by atoms with Crippen molar-refractivity contribution in [2.45, 2.75) is 24.9 Å². The van der Waals surface area contributed by atoms with Gasteiger partial charge in [0.1, 0.15) is 0 Å². The van der Waals surface area contributed by atoms with Gasteiger partial charge in [0.05, 0.1) is 0 Å². The first-order valence-corrected chi connectivity index (χ1v) is 5.38. The summed E-state index contributed by atoms with van der Waals surface area (Å²) in [4.78, 5) is 5.02. The van der Waals surface area contributed by atoms with Gasteiger partial charge < -0.3 is 10.2 Å². The van der Waals surface area contributed by atoms with Gasteiger partial charge in [-0.25, -0.2) is 0 Å². The molecule has 0 radical (unpaired) electrons. The molecule has 3 heteroatoms. The Hall–Kier alpha value is -0.120. The highest BCUT2D eigenvalue weighted by Crippen LogP contribution is 2.17. The third-order valence-electron chi connectivity index (χ3n) is 3.55. The molecule has 1 N–H and O–H groups in total. The second-order valence-corrected chi connectivity index (χ2v) is 4.52. The topological polar surface area (TPSA) is 18.5 Å². The lowest BCUT2D eigenvalue weighted by Crippen LogP contribution is -2.42. The quantitative estimate of drug-likeness (QED) is 0.649. The third kappa shape index (κ3) is 2.03. The van der Waals surface area contributed by atoms with Gasteiger partial charge in [-0.2, -0.15) is 0 Å². The van der Waals surface area contributed by atoms with Crippen LogP contribution in [-0.2, 0) is 0 Å². The molecule has 3 nitrogen and oxygen atoms in total. The van der Waals surface area contributed by atoms with Gasteiger partial charge in [-0.15, -0.1) is 0 Å². The molecule has 0 spiro atoms. The molecule has 0 aliphatic carbocycles. The summed E-state index contributed by atoms with van der Waals surface area (Å²) in [6.45, 7) is 4.93. The van der Waals surface area contributed by atoms with Crippen LogP contribution in [0.2, 0.25) is 0 Å². The van der Waals surface area contributed by atoms with Crippen LogP contribution in [0.15, 0.2) is 0 Å². The van der Waals surface area contributed by atoms with Crippen molar-refractivity contribution in [2.75, 3.05) is 40.3 Å². The molecule has 0 aromatic heterocycles. The van der Waals surface area contributed by atoms with Crippen molar-refractivity contribution in [1.29, 1.82) is 0 Å². The van der Waals surface area contributed by atoms with Crippen LogP contribution in [0.1, 0.15) is 12.8 Å². The summed E-state index contributed by atoms with van der Waals surface area (Å²) in [5, 5.41) is 3.43. The molecule has 2 atom stereocenters. The number of likely N-dealkylation sites (N-methyl/N-ethyl adjacent to an activating group) is 2. The smallest absolute Gasteiger partial charge is 0.0235 e. The van der Waals surface area contributed by atoms with E-state index in [2.05, 4.69) is 29.2 Å². The average molecular weight is 183 g/mol. The molecule has 13 heavy (non-hydrogen) atoms. The van der Waals surface area contributed by atoms with Crippen molar-refractivity contribution in [1.82, 2.24) is 15.1 Å². The van der Waals surface area contributed by atoms with Gasteiger partial charge in [-0.1, -0.05) is 0 Å². The first-order chi connectivity index (χ1) is 6.27. The Labute approximate surface area is 81.1 Å². The average Bonchev–Trinajstić information content (AvgIpc) is 2.72. The molecule has 2 aliphatic heterocycles. The molecule has 0 saturated carbocycles. The Kier molecular flexibility index (Phi) is 2.86. The van der Waals surface area contributed by atoms with Crippen molar-refractivity contribution in [3.8, 4) is 0 Å². The van der Waals surface area contributed by atoms with Crippen LogP contribution in [0.3, 0.4) is 0 Å². The summed E-state index contributed by atoms with van der Waals surface area (Å²) in [6, 6.07) is 1.59. The lowest BCUT2D eigenvalue weighted by molar-refractivity contribution is 0.185. The molecule has 2 fully saturated rings. The van der Waals surface area contributed by atoms with Crippen LogP contribution in [0.5, 0.6) is 0 Å². The first kappa shape index (κ1) is 9.44. The lowest BCUT2D eigenvalue weighted by Gasteiger charge is -2.29. The van der Waals surface area contributed by atoms with Crippen LogP contribution in [0.4, 0.5) is 0 Å². The molecular weight excluding hydrogens is 162 g/mol. The van der Waals surface area contributed by atoms with Crippen LogP contribution in [-0.4, -0.2) is 62.2 Å². The summed E-state index contributed by atoms with van der Waals surface area (Å²) in [5.41, 5.74) is 0. The zero-order valence-corrected chi connectivity index (χ0v) is 8.79. The van der Waals surface area contributed by atoms with E-state index in [1.54, 1.807) is 0 Å². The minimum Gasteiger partial charge on any atom is -0.315 e. The highest BCUT2D eigenvalue weighted by atomic mass is 15.3. The van der Waals surface area contributed by atoms with E-state index in [4.69, 9.17) is 0 Å². The second-order valence-electron chi connectivity index (χ2n) is 4.52. The highest BCUT2D eigenvalue weighted by molar-refractivity contribution is 4.87. The summed E-state index contributed by atoms with van der Waals surface area (Å²) in [6.07, 6.45) is 2.68. The van der Waals surface area contributed by atoms with Gasteiger partial charge in [-0.3, -0.25) is 4.90 Å². The van der Waals surface area contributed by atoms with E-state index >= 15 is 0 Å². The predicted octanol–water partition coefficient (Wildman–Crippen LogP) is -0.0158. The molecule has 76 valence electrons. The van der Waals surface area contributed by atoms with Crippen LogP contribution >= 0.6 is 0 Å². The van der Waals surface area contributed by atoms with Crippen molar-refractivity contribution in [3.05, 3.63) is 0 Å². The van der Waals surface area contributed by atoms with Gasteiger partial charge in [-0.05, 0) is 40.0 Å². The Morgan fingerprint density at radius 3 is 2.69 bits per heavy atom. The fourth-order valence-corrected chi connectivity index (χ4v) is 2.53. The van der Waals surface area contributed by atoms with E-state index in [1.807, 2.05) is 0 Å². The van der Waals surface area contributed by atoms with E-state index in [0.717, 1.165) is 12.1 Å². The Morgan fingerprint density at radius 2 is 2.15 bits per heavy atom. The standard InChI is InChI=1S/C10H21N3/c1-12-6-4-10(8-12)13(2)9-3-5-11-7-9/h9-11H,3-8H2,1-2H3/t9-,10+/m0/s1. The number of nitrogens with zero attached hydrogens (tertiary/aromatic N) is 2. The Bertz CT molecular complexity index is 166. The molecule has 0 amide bonds. The van der Waals surface area contributed by atoms with Crippen LogP contribution in [0, 0.1) is 0 Å². The van der Waals surface area contributed by atoms with Gasteiger partial charge in [0, 0.05) is 25.2 Å². The van der Waals surface area contributed by atoms with E-state index in [-0.39, 0.29) is 0 Å². The summed E-state index contributed by atoms with van der Waals surface area (Å²) >= 11 is 0. The first-order valence-electron chi connectivity index (χ1n) is 5.38. The fraction of sp³-hybridized carbons (Fsp3) is 1.00. The summed E-state index contributed by atoms with van der Waals surface area (Å²) in [7, 11) is 4.52. The van der Waals surface area contributed by atoms with Crippen LogP contribution in [0.25, 0.3) is 0 Å². The maximum Gasteiger partial charge on any atom is 0.0235 e. The molecule has 0 bridgehead atoms. The molecule has 2 heterocycles. The van der Waals surface area contributed by atoms with Gasteiger partial charge in [0.25, 0.3) is 0 Å². The fourth-order valence-electron chi connectivity index (χ4n) is 2.53. The molecule has 2 saturated heterocycles. The molecule has 2 rings (SSSR count). The van der Waals surface area contributed by atoms with E-state index < -0.39 is 0 Å². The predicted molar refractivity (Wildman–Crippen MR) is 54.9 cm³/mol. The Morgan fingerprint density at radius 1 is 1.31 bits per heavy atom.